The summed E-state index contributed by atoms with van der Waals surface area (Å²) in [5.74, 6) is 2.20. The molecule has 0 spiro atoms. The van der Waals surface area contributed by atoms with Crippen LogP contribution in [-0.4, -0.2) is 104 Å². The summed E-state index contributed by atoms with van der Waals surface area (Å²) >= 11 is 3.42. The molecule has 45 heavy (non-hydrogen) atoms. The summed E-state index contributed by atoms with van der Waals surface area (Å²) in [4.78, 5) is 32.2. The first kappa shape index (κ1) is 31.4. The van der Waals surface area contributed by atoms with E-state index < -0.39 is 12.5 Å². The Balaban J connectivity index is 1.26. The van der Waals surface area contributed by atoms with Crippen molar-refractivity contribution in [3.05, 3.63) is 42.2 Å². The number of nitrogens with one attached hydrogen (secondary N) is 2. The van der Waals surface area contributed by atoms with E-state index in [4.69, 9.17) is 4.74 Å². The third-order valence-corrected chi connectivity index (χ3v) is 9.93. The number of halogens is 2. The summed E-state index contributed by atoms with van der Waals surface area (Å²) in [5.41, 5.74) is 1.05. The van der Waals surface area contributed by atoms with Crippen LogP contribution in [0.2, 0.25) is 0 Å². The number of anilines is 2. The van der Waals surface area contributed by atoms with Crippen LogP contribution in [0.3, 0.4) is 0 Å². The fourth-order valence-corrected chi connectivity index (χ4v) is 7.29. The number of thioether (sulfide) groups is 2. The molecule has 1 atom stereocenters. The minimum atomic E-state index is -3.06. The predicted octanol–water partition coefficient (Wildman–Crippen LogP) is 4.65. The molecule has 15 heteroatoms. The predicted molar refractivity (Wildman–Crippen MR) is 173 cm³/mol. The molecule has 3 aromatic rings. The number of likely N-dealkylation sites (tertiary alicyclic amines) is 1. The molecule has 0 radical (unpaired) electrons. The second kappa shape index (κ2) is 13.8. The van der Waals surface area contributed by atoms with Gasteiger partial charge < -0.3 is 20.3 Å². The van der Waals surface area contributed by atoms with Crippen LogP contribution in [0.4, 0.5) is 20.3 Å². The molecule has 2 aromatic heterocycles. The normalized spacial score (nSPS) is 19.0. The molecule has 3 aliphatic heterocycles. The molecule has 2 saturated heterocycles. The van der Waals surface area contributed by atoms with E-state index in [1.165, 1.54) is 28.7 Å². The molecule has 5 heterocycles. The highest BCUT2D eigenvalue weighted by atomic mass is 32.2. The molecule has 2 fully saturated rings. The van der Waals surface area contributed by atoms with Crippen LogP contribution < -0.4 is 15.4 Å². The highest BCUT2D eigenvalue weighted by Crippen LogP contribution is 2.38. The lowest BCUT2D eigenvalue weighted by molar-refractivity contribution is -0.133. The smallest absolute Gasteiger partial charge is 0.387 e. The van der Waals surface area contributed by atoms with Gasteiger partial charge in [-0.1, -0.05) is 0 Å². The molecule has 0 aliphatic carbocycles. The molecular formula is C30H36F2N8O3S2. The van der Waals surface area contributed by atoms with E-state index in [-0.39, 0.29) is 41.2 Å². The fraction of sp³-hybridized carbons (Fsp3) is 0.467. The van der Waals surface area contributed by atoms with E-state index in [1.807, 2.05) is 35.9 Å². The highest BCUT2D eigenvalue weighted by molar-refractivity contribution is 7.99. The van der Waals surface area contributed by atoms with Crippen molar-refractivity contribution in [1.29, 1.82) is 0 Å². The number of hydrogen-bond donors (Lipinski definition) is 2. The number of carbonyl (C=O) groups excluding carboxylic acids is 2. The molecule has 6 rings (SSSR count). The van der Waals surface area contributed by atoms with Crippen molar-refractivity contribution < 1.29 is 23.1 Å². The quantitative estimate of drug-likeness (QED) is 0.318. The Morgan fingerprint density at radius 1 is 1.20 bits per heavy atom. The van der Waals surface area contributed by atoms with Gasteiger partial charge >= 0.3 is 6.61 Å². The van der Waals surface area contributed by atoms with Gasteiger partial charge in [0.25, 0.3) is 5.91 Å². The van der Waals surface area contributed by atoms with Gasteiger partial charge in [0, 0.05) is 72.6 Å². The van der Waals surface area contributed by atoms with Crippen molar-refractivity contribution in [3.63, 3.8) is 0 Å². The molecule has 2 N–H and O–H groups in total. The minimum Gasteiger partial charge on any atom is -0.434 e. The third kappa shape index (κ3) is 7.15. The molecule has 3 aliphatic rings. The number of nitrogens with zero attached hydrogens (tertiary/aromatic N) is 6. The Morgan fingerprint density at radius 2 is 1.98 bits per heavy atom. The van der Waals surface area contributed by atoms with Crippen LogP contribution in [0, 0.1) is 0 Å². The van der Waals surface area contributed by atoms with Crippen LogP contribution in [0.5, 0.6) is 5.75 Å². The van der Waals surface area contributed by atoms with Crippen molar-refractivity contribution in [2.24, 2.45) is 0 Å². The van der Waals surface area contributed by atoms with Crippen molar-refractivity contribution in [3.8, 4) is 17.0 Å². The Hall–Kier alpha value is -3.56. The zero-order valence-corrected chi connectivity index (χ0v) is 26.8. The average molecular weight is 659 g/mol. The fourth-order valence-electron chi connectivity index (χ4n) is 5.92. The summed E-state index contributed by atoms with van der Waals surface area (Å²) in [6, 6.07) is 5.31. The van der Waals surface area contributed by atoms with Crippen LogP contribution in [0.25, 0.3) is 17.5 Å². The standard InChI is InChI=1S/C30H36F2N8O3S2/c1-19-5-10-40-28(34-19)23(16-33-40)29(42)35-24-17-39(36-27(24)22-15-21(44-2)3-4-25(22)43-30(31)32)18-26(41)38-8-6-20(7-9-38)37-11-13-45-14-12-37/h3-5,10,15-17,19-20,30,34H,6-9,11-14,18H2,1-2H3,(H,35,42). The van der Waals surface area contributed by atoms with Crippen LogP contribution in [-0.2, 0) is 11.3 Å². The number of aromatic nitrogens is 4. The first-order chi connectivity index (χ1) is 21.8. The maximum absolute atomic E-state index is 13.6. The maximum atomic E-state index is 13.6. The van der Waals surface area contributed by atoms with Crippen LogP contribution >= 0.6 is 23.5 Å². The summed E-state index contributed by atoms with van der Waals surface area (Å²) in [5, 5.41) is 15.0. The number of alkyl halides is 2. The van der Waals surface area contributed by atoms with E-state index in [9.17, 15) is 18.4 Å². The number of ether oxygens (including phenoxy) is 1. The molecule has 1 aromatic carbocycles. The van der Waals surface area contributed by atoms with Gasteiger partial charge in [0.15, 0.2) is 0 Å². The monoisotopic (exact) mass is 658 g/mol. The van der Waals surface area contributed by atoms with Gasteiger partial charge in [0.1, 0.15) is 29.4 Å². The number of rotatable bonds is 9. The Labute approximate surface area is 268 Å². The van der Waals surface area contributed by atoms with E-state index in [1.54, 1.807) is 29.2 Å². The number of hydrogen-bond acceptors (Lipinski definition) is 9. The van der Waals surface area contributed by atoms with Gasteiger partial charge in [-0.15, -0.1) is 11.8 Å². The lowest BCUT2D eigenvalue weighted by atomic mass is 10.0. The molecule has 11 nitrogen and oxygen atoms in total. The van der Waals surface area contributed by atoms with Gasteiger partial charge in [-0.05, 0) is 50.3 Å². The second-order valence-electron chi connectivity index (χ2n) is 11.2. The Kier molecular flexibility index (Phi) is 9.66. The molecular weight excluding hydrogens is 623 g/mol. The SMILES string of the molecule is CSc1ccc(OC(F)F)c(-c2nn(CC(=O)N3CCC(N4CCSCC4)CC3)cc2NC(=O)c2cnn3c2NC(C)C=C3)c1. The van der Waals surface area contributed by atoms with Crippen molar-refractivity contribution in [1.82, 2.24) is 29.4 Å². The molecule has 1 unspecified atom stereocenters. The summed E-state index contributed by atoms with van der Waals surface area (Å²) in [7, 11) is 0. The summed E-state index contributed by atoms with van der Waals surface area (Å²) < 4.78 is 34.7. The zero-order chi connectivity index (χ0) is 31.5. The summed E-state index contributed by atoms with van der Waals surface area (Å²) in [6.07, 6.45) is 10.4. The molecule has 0 bridgehead atoms. The first-order valence-corrected chi connectivity index (χ1v) is 17.3. The van der Waals surface area contributed by atoms with Gasteiger partial charge in [-0.25, -0.2) is 4.68 Å². The van der Waals surface area contributed by atoms with Crippen molar-refractivity contribution >= 4 is 53.0 Å². The Bertz CT molecular complexity index is 1560. The Morgan fingerprint density at radius 3 is 2.71 bits per heavy atom. The third-order valence-electron chi connectivity index (χ3n) is 8.26. The topological polar surface area (TPSA) is 110 Å². The second-order valence-corrected chi connectivity index (χ2v) is 13.3. The number of benzene rings is 1. The van der Waals surface area contributed by atoms with Crippen LogP contribution in [0.15, 0.2) is 41.6 Å². The minimum absolute atomic E-state index is 0.00247. The zero-order valence-electron chi connectivity index (χ0n) is 25.1. The van der Waals surface area contributed by atoms with E-state index >= 15 is 0 Å². The van der Waals surface area contributed by atoms with Gasteiger partial charge in [0.05, 0.1) is 11.9 Å². The number of piperidine rings is 1. The number of carbonyl (C=O) groups is 2. The number of amides is 2. The summed E-state index contributed by atoms with van der Waals surface area (Å²) in [6.45, 7) is 2.35. The van der Waals surface area contributed by atoms with Crippen molar-refractivity contribution in [2.45, 2.75) is 49.9 Å². The van der Waals surface area contributed by atoms with E-state index in [0.29, 0.717) is 30.5 Å². The van der Waals surface area contributed by atoms with Gasteiger partial charge in [-0.3, -0.25) is 19.2 Å². The lowest BCUT2D eigenvalue weighted by Gasteiger charge is -2.40. The molecule has 240 valence electrons. The first-order valence-electron chi connectivity index (χ1n) is 14.9. The molecule has 0 saturated carbocycles. The van der Waals surface area contributed by atoms with E-state index in [0.717, 1.165) is 42.3 Å². The lowest BCUT2D eigenvalue weighted by Crippen LogP contribution is -2.49. The van der Waals surface area contributed by atoms with Gasteiger partial charge in [0.2, 0.25) is 5.91 Å². The van der Waals surface area contributed by atoms with Gasteiger partial charge in [-0.2, -0.15) is 30.7 Å². The van der Waals surface area contributed by atoms with Crippen molar-refractivity contribution in [2.75, 3.05) is 54.6 Å². The largest absolute Gasteiger partial charge is 0.434 e. The average Bonchev–Trinajstić information content (AvgIpc) is 3.64. The maximum Gasteiger partial charge on any atom is 0.387 e. The van der Waals surface area contributed by atoms with E-state index in [2.05, 4.69) is 25.7 Å². The number of fused-ring (bicyclic) bond motifs is 1. The highest BCUT2D eigenvalue weighted by Gasteiger charge is 2.29. The van der Waals surface area contributed by atoms with Crippen LogP contribution in [0.1, 0.15) is 30.1 Å². The molecule has 2 amide bonds.